The van der Waals surface area contributed by atoms with Crippen LogP contribution in [-0.4, -0.2) is 24.1 Å². The van der Waals surface area contributed by atoms with Gasteiger partial charge in [-0.25, -0.2) is 13.4 Å². The summed E-state index contributed by atoms with van der Waals surface area (Å²) in [4.78, 5) is 5.99. The molecule has 0 bridgehead atoms. The molecule has 0 fully saturated rings. The Morgan fingerprint density at radius 2 is 1.96 bits per heavy atom. The molecule has 25 heavy (non-hydrogen) atoms. The van der Waals surface area contributed by atoms with Gasteiger partial charge in [-0.15, -0.1) is 11.3 Å². The molecule has 3 rings (SSSR count). The summed E-state index contributed by atoms with van der Waals surface area (Å²) in [5.41, 5.74) is 1.58. The summed E-state index contributed by atoms with van der Waals surface area (Å²) in [5, 5.41) is 5.89. The van der Waals surface area contributed by atoms with Crippen molar-refractivity contribution in [2.45, 2.75) is 31.2 Å². The minimum atomic E-state index is -3.66. The lowest BCUT2D eigenvalue weighted by molar-refractivity contribution is 0.560. The summed E-state index contributed by atoms with van der Waals surface area (Å²) < 4.78 is 27.2. The molecular formula is C16H18N4O2S3. The Balaban J connectivity index is 1.87. The molecule has 1 aromatic heterocycles. The average Bonchev–Trinajstić information content (AvgIpc) is 2.98. The van der Waals surface area contributed by atoms with E-state index in [1.54, 1.807) is 35.8 Å². The third-order valence-electron chi connectivity index (χ3n) is 3.61. The standard InChI is InChI=1S/C16H18N4O2S3/c1-11-10-16(2,3)18-15(23)20(11)12-4-6-13(7-5-12)25(21,22)19-14-17-8-9-24-14/h4-10H,1-3H3,(H,17,19)(H,18,23). The number of thiazole rings is 1. The van der Waals surface area contributed by atoms with Gasteiger partial charge in [0.25, 0.3) is 10.0 Å². The van der Waals surface area contributed by atoms with Crippen molar-refractivity contribution < 1.29 is 8.42 Å². The molecule has 0 radical (unpaired) electrons. The van der Waals surface area contributed by atoms with Crippen LogP contribution >= 0.6 is 23.6 Å². The van der Waals surface area contributed by atoms with E-state index in [-0.39, 0.29) is 10.4 Å². The molecule has 132 valence electrons. The van der Waals surface area contributed by atoms with E-state index in [1.165, 1.54) is 11.3 Å². The smallest absolute Gasteiger partial charge is 0.263 e. The highest BCUT2D eigenvalue weighted by atomic mass is 32.2. The predicted octanol–water partition coefficient (Wildman–Crippen LogP) is 3.32. The predicted molar refractivity (Wildman–Crippen MR) is 105 cm³/mol. The summed E-state index contributed by atoms with van der Waals surface area (Å²) in [5.74, 6) is 0. The van der Waals surface area contributed by atoms with Crippen LogP contribution in [0.2, 0.25) is 0 Å². The van der Waals surface area contributed by atoms with Crippen molar-refractivity contribution in [1.82, 2.24) is 10.3 Å². The first-order valence-corrected chi connectivity index (χ1v) is 10.3. The zero-order valence-corrected chi connectivity index (χ0v) is 16.4. The van der Waals surface area contributed by atoms with Crippen LogP contribution in [-0.2, 0) is 10.0 Å². The third-order valence-corrected chi connectivity index (χ3v) is 6.07. The fraction of sp³-hybridized carbons (Fsp3) is 0.250. The summed E-state index contributed by atoms with van der Waals surface area (Å²) in [6.07, 6.45) is 3.63. The van der Waals surface area contributed by atoms with E-state index in [1.807, 2.05) is 25.7 Å². The molecule has 2 N–H and O–H groups in total. The van der Waals surface area contributed by atoms with Gasteiger partial charge < -0.3 is 5.32 Å². The van der Waals surface area contributed by atoms with Crippen LogP contribution in [0.4, 0.5) is 10.8 Å². The number of sulfonamides is 1. The maximum Gasteiger partial charge on any atom is 0.263 e. The molecule has 1 aliphatic rings. The van der Waals surface area contributed by atoms with Crippen LogP contribution in [0.15, 0.2) is 52.5 Å². The van der Waals surface area contributed by atoms with Crippen LogP contribution in [0.3, 0.4) is 0 Å². The van der Waals surface area contributed by atoms with Crippen molar-refractivity contribution in [2.24, 2.45) is 0 Å². The average molecular weight is 395 g/mol. The highest BCUT2D eigenvalue weighted by molar-refractivity contribution is 7.93. The van der Waals surface area contributed by atoms with Gasteiger partial charge in [0.2, 0.25) is 0 Å². The van der Waals surface area contributed by atoms with E-state index in [0.717, 1.165) is 11.4 Å². The lowest BCUT2D eigenvalue weighted by Gasteiger charge is -2.38. The molecule has 2 aromatic rings. The summed E-state index contributed by atoms with van der Waals surface area (Å²) in [6.45, 7) is 6.06. The molecule has 0 atom stereocenters. The molecule has 0 spiro atoms. The number of allylic oxidation sites excluding steroid dienone is 1. The Bertz CT molecular complexity index is 917. The molecular weight excluding hydrogens is 376 g/mol. The second-order valence-electron chi connectivity index (χ2n) is 6.21. The minimum absolute atomic E-state index is 0.171. The van der Waals surface area contributed by atoms with Crippen LogP contribution in [0.1, 0.15) is 20.8 Å². The molecule has 1 aromatic carbocycles. The minimum Gasteiger partial charge on any atom is -0.354 e. The first-order valence-electron chi connectivity index (χ1n) is 7.52. The second kappa shape index (κ2) is 6.40. The molecule has 2 heterocycles. The number of anilines is 2. The Morgan fingerprint density at radius 3 is 2.52 bits per heavy atom. The molecule has 6 nitrogen and oxygen atoms in total. The fourth-order valence-electron chi connectivity index (χ4n) is 2.66. The van der Waals surface area contributed by atoms with Crippen LogP contribution in [0.5, 0.6) is 0 Å². The van der Waals surface area contributed by atoms with Crippen LogP contribution in [0.25, 0.3) is 0 Å². The van der Waals surface area contributed by atoms with E-state index in [0.29, 0.717) is 10.2 Å². The zero-order valence-electron chi connectivity index (χ0n) is 14.0. The van der Waals surface area contributed by atoms with E-state index in [4.69, 9.17) is 12.2 Å². The van der Waals surface area contributed by atoms with Gasteiger partial charge >= 0.3 is 0 Å². The summed E-state index contributed by atoms with van der Waals surface area (Å²) >= 11 is 6.68. The van der Waals surface area contributed by atoms with Crippen molar-refractivity contribution >= 4 is 49.5 Å². The normalized spacial score (nSPS) is 17.0. The Hall–Kier alpha value is -1.97. The fourth-order valence-corrected chi connectivity index (χ4v) is 4.96. The lowest BCUT2D eigenvalue weighted by atomic mass is 10.0. The number of thiocarbonyl (C=S) groups is 1. The molecule has 0 aliphatic carbocycles. The highest BCUT2D eigenvalue weighted by Crippen LogP contribution is 2.27. The van der Waals surface area contributed by atoms with Gasteiger partial charge in [0.05, 0.1) is 10.4 Å². The van der Waals surface area contributed by atoms with Crippen molar-refractivity contribution in [2.75, 3.05) is 9.62 Å². The van der Waals surface area contributed by atoms with E-state index in [9.17, 15) is 8.42 Å². The SMILES string of the molecule is CC1=CC(C)(C)NC(=S)N1c1ccc(S(=O)(=O)Nc2nccs2)cc1. The largest absolute Gasteiger partial charge is 0.354 e. The van der Waals surface area contributed by atoms with Crippen LogP contribution < -0.4 is 14.9 Å². The monoisotopic (exact) mass is 394 g/mol. The van der Waals surface area contributed by atoms with Gasteiger partial charge in [-0.05, 0) is 63.3 Å². The van der Waals surface area contributed by atoms with E-state index in [2.05, 4.69) is 21.1 Å². The molecule has 1 aliphatic heterocycles. The number of nitrogens with one attached hydrogen (secondary N) is 2. The maximum absolute atomic E-state index is 12.4. The Morgan fingerprint density at radius 1 is 1.28 bits per heavy atom. The van der Waals surface area contributed by atoms with Gasteiger partial charge in [0.15, 0.2) is 10.2 Å². The van der Waals surface area contributed by atoms with Gasteiger partial charge in [0, 0.05) is 23.0 Å². The first-order chi connectivity index (χ1) is 11.7. The zero-order chi connectivity index (χ0) is 18.2. The lowest BCUT2D eigenvalue weighted by Crippen LogP contribution is -2.53. The number of benzene rings is 1. The molecule has 0 unspecified atom stereocenters. The molecule has 0 saturated carbocycles. The van der Waals surface area contributed by atoms with Gasteiger partial charge in [-0.3, -0.25) is 9.62 Å². The second-order valence-corrected chi connectivity index (χ2v) is 9.17. The number of aromatic nitrogens is 1. The van der Waals surface area contributed by atoms with Gasteiger partial charge in [-0.1, -0.05) is 0 Å². The molecule has 0 amide bonds. The molecule has 9 heteroatoms. The highest BCUT2D eigenvalue weighted by Gasteiger charge is 2.27. The van der Waals surface area contributed by atoms with Crippen molar-refractivity contribution in [3.8, 4) is 0 Å². The van der Waals surface area contributed by atoms with Crippen molar-refractivity contribution in [3.05, 3.63) is 47.6 Å². The van der Waals surface area contributed by atoms with Crippen molar-refractivity contribution in [1.29, 1.82) is 0 Å². The quantitative estimate of drug-likeness (QED) is 0.775. The Kier molecular flexibility index (Phi) is 4.56. The summed E-state index contributed by atoms with van der Waals surface area (Å²) in [7, 11) is -3.66. The number of hydrogen-bond donors (Lipinski definition) is 2. The number of rotatable bonds is 4. The van der Waals surface area contributed by atoms with E-state index >= 15 is 0 Å². The summed E-state index contributed by atoms with van der Waals surface area (Å²) in [6, 6.07) is 6.59. The van der Waals surface area contributed by atoms with Gasteiger partial charge in [-0.2, -0.15) is 0 Å². The van der Waals surface area contributed by atoms with Crippen molar-refractivity contribution in [3.63, 3.8) is 0 Å². The number of nitrogens with zero attached hydrogens (tertiary/aromatic N) is 2. The number of hydrogen-bond acceptors (Lipinski definition) is 5. The van der Waals surface area contributed by atoms with Gasteiger partial charge in [0.1, 0.15) is 0 Å². The maximum atomic E-state index is 12.4. The first kappa shape index (κ1) is 17.8. The molecule has 0 saturated heterocycles. The topological polar surface area (TPSA) is 74.3 Å². The Labute approximate surface area is 156 Å². The van der Waals surface area contributed by atoms with E-state index < -0.39 is 10.0 Å². The van der Waals surface area contributed by atoms with Crippen LogP contribution in [0, 0.1) is 0 Å². The third kappa shape index (κ3) is 3.83.